The van der Waals surface area contributed by atoms with E-state index in [4.69, 9.17) is 16.3 Å². The highest BCUT2D eigenvalue weighted by Gasteiger charge is 2.28. The minimum atomic E-state index is -0.136. The first-order valence-corrected chi connectivity index (χ1v) is 8.43. The van der Waals surface area contributed by atoms with E-state index in [0.29, 0.717) is 29.7 Å². The van der Waals surface area contributed by atoms with Gasteiger partial charge in [0.15, 0.2) is 0 Å². The van der Waals surface area contributed by atoms with Crippen LogP contribution < -0.4 is 10.1 Å². The number of nitrogens with zero attached hydrogens (tertiary/aromatic N) is 3. The van der Waals surface area contributed by atoms with Gasteiger partial charge >= 0.3 is 6.03 Å². The van der Waals surface area contributed by atoms with Crippen LogP contribution in [0, 0.1) is 0 Å². The van der Waals surface area contributed by atoms with Gasteiger partial charge in [0, 0.05) is 25.1 Å². The number of likely N-dealkylation sites (tertiary alicyclic amines) is 1. The topological polar surface area (TPSA) is 59.4 Å². The Hall–Kier alpha value is -2.21. The minimum absolute atomic E-state index is 0.0503. The predicted molar refractivity (Wildman–Crippen MR) is 93.7 cm³/mol. The number of para-hydroxylation sites is 1. The van der Waals surface area contributed by atoms with Gasteiger partial charge in [-0.05, 0) is 26.0 Å². The normalized spacial score (nSPS) is 17.3. The first-order chi connectivity index (χ1) is 11.5. The quantitative estimate of drug-likeness (QED) is 0.914. The lowest BCUT2D eigenvalue weighted by Gasteiger charge is -2.19. The van der Waals surface area contributed by atoms with Gasteiger partial charge < -0.3 is 9.64 Å². The van der Waals surface area contributed by atoms with Crippen LogP contribution in [0.4, 0.5) is 10.6 Å². The molecule has 0 bridgehead atoms. The van der Waals surface area contributed by atoms with Gasteiger partial charge in [0.1, 0.15) is 17.7 Å². The van der Waals surface area contributed by atoms with Crippen LogP contribution in [0.2, 0.25) is 5.02 Å². The fraction of sp³-hybridized carbons (Fsp3) is 0.412. The van der Waals surface area contributed by atoms with Gasteiger partial charge in [0.25, 0.3) is 0 Å². The van der Waals surface area contributed by atoms with E-state index in [1.54, 1.807) is 27.9 Å². The number of carbonyl (C=O) groups is 1. The molecule has 1 fully saturated rings. The smallest absolute Gasteiger partial charge is 0.323 e. The van der Waals surface area contributed by atoms with Gasteiger partial charge in [0.05, 0.1) is 17.8 Å². The summed E-state index contributed by atoms with van der Waals surface area (Å²) < 4.78 is 7.70. The summed E-state index contributed by atoms with van der Waals surface area (Å²) >= 11 is 6.12. The molecule has 0 unspecified atom stereocenters. The van der Waals surface area contributed by atoms with Gasteiger partial charge in [-0.2, -0.15) is 5.10 Å². The number of amides is 2. The highest BCUT2D eigenvalue weighted by molar-refractivity contribution is 6.32. The van der Waals surface area contributed by atoms with Gasteiger partial charge in [-0.15, -0.1) is 0 Å². The van der Waals surface area contributed by atoms with Crippen LogP contribution in [0.15, 0.2) is 36.5 Å². The lowest BCUT2D eigenvalue weighted by molar-refractivity contribution is 0.195. The second-order valence-electron chi connectivity index (χ2n) is 6.09. The predicted octanol–water partition coefficient (Wildman–Crippen LogP) is 3.80. The Bertz CT molecular complexity index is 716. The first kappa shape index (κ1) is 16.6. The van der Waals surface area contributed by atoms with Crippen LogP contribution in [0.25, 0.3) is 0 Å². The van der Waals surface area contributed by atoms with Crippen molar-refractivity contribution in [2.24, 2.45) is 0 Å². The summed E-state index contributed by atoms with van der Waals surface area (Å²) in [4.78, 5) is 14.2. The molecule has 0 spiro atoms. The van der Waals surface area contributed by atoms with Crippen LogP contribution >= 0.6 is 11.6 Å². The fourth-order valence-electron chi connectivity index (χ4n) is 2.74. The third-order valence-corrected chi connectivity index (χ3v) is 4.27. The Morgan fingerprint density at radius 1 is 1.38 bits per heavy atom. The molecule has 3 rings (SSSR count). The Kier molecular flexibility index (Phi) is 4.94. The average Bonchev–Trinajstić information content (AvgIpc) is 3.19. The van der Waals surface area contributed by atoms with E-state index >= 15 is 0 Å². The van der Waals surface area contributed by atoms with Crippen LogP contribution in [0.3, 0.4) is 0 Å². The molecule has 1 aliphatic heterocycles. The molecule has 0 aliphatic carbocycles. The molecular formula is C17H21ClN4O2. The number of nitrogens with one attached hydrogen (secondary N) is 1. The lowest BCUT2D eigenvalue weighted by atomic mass is 10.3. The molecule has 1 aromatic heterocycles. The number of urea groups is 1. The molecular weight excluding hydrogens is 328 g/mol. The molecule has 1 aromatic carbocycles. The number of anilines is 1. The van der Waals surface area contributed by atoms with Gasteiger partial charge in [-0.1, -0.05) is 23.7 Å². The van der Waals surface area contributed by atoms with Gasteiger partial charge in [-0.25, -0.2) is 9.48 Å². The molecule has 7 heteroatoms. The van der Waals surface area contributed by atoms with E-state index in [2.05, 4.69) is 10.4 Å². The zero-order chi connectivity index (χ0) is 17.1. The number of ether oxygens (including phenoxy) is 1. The molecule has 2 heterocycles. The van der Waals surface area contributed by atoms with Crippen molar-refractivity contribution in [1.82, 2.24) is 14.7 Å². The second-order valence-corrected chi connectivity index (χ2v) is 6.50. The zero-order valence-electron chi connectivity index (χ0n) is 13.8. The first-order valence-electron chi connectivity index (χ1n) is 8.05. The Morgan fingerprint density at radius 2 is 2.17 bits per heavy atom. The Balaban J connectivity index is 1.58. The number of halogens is 1. The van der Waals surface area contributed by atoms with E-state index < -0.39 is 0 Å². The number of benzene rings is 1. The number of hydrogen-bond donors (Lipinski definition) is 1. The molecule has 1 saturated heterocycles. The van der Waals surface area contributed by atoms with Crippen LogP contribution in [0.5, 0.6) is 5.75 Å². The maximum Gasteiger partial charge on any atom is 0.323 e. The summed E-state index contributed by atoms with van der Waals surface area (Å²) in [7, 11) is 0. The molecule has 1 N–H and O–H groups in total. The van der Waals surface area contributed by atoms with E-state index in [1.165, 1.54) is 0 Å². The number of carbonyl (C=O) groups excluding carboxylic acids is 1. The van der Waals surface area contributed by atoms with Crippen molar-refractivity contribution in [2.75, 3.05) is 18.4 Å². The minimum Gasteiger partial charge on any atom is -0.487 e. The summed E-state index contributed by atoms with van der Waals surface area (Å²) in [6.07, 6.45) is 2.41. The summed E-state index contributed by atoms with van der Waals surface area (Å²) in [6, 6.07) is 9.23. The van der Waals surface area contributed by atoms with E-state index in [-0.39, 0.29) is 18.2 Å². The van der Waals surface area contributed by atoms with E-state index in [9.17, 15) is 4.79 Å². The van der Waals surface area contributed by atoms with Crippen LogP contribution in [0.1, 0.15) is 26.3 Å². The summed E-state index contributed by atoms with van der Waals surface area (Å²) in [5, 5.41) is 7.72. The molecule has 0 radical (unpaired) electrons. The molecule has 2 amide bonds. The average molecular weight is 349 g/mol. The van der Waals surface area contributed by atoms with Crippen molar-refractivity contribution in [1.29, 1.82) is 0 Å². The molecule has 6 nitrogen and oxygen atoms in total. The number of rotatable bonds is 4. The molecule has 24 heavy (non-hydrogen) atoms. The Labute approximate surface area is 146 Å². The molecule has 0 saturated carbocycles. The third kappa shape index (κ3) is 3.64. The zero-order valence-corrected chi connectivity index (χ0v) is 14.5. The third-order valence-electron chi connectivity index (χ3n) is 3.96. The molecule has 128 valence electrons. The van der Waals surface area contributed by atoms with E-state index in [0.717, 1.165) is 6.42 Å². The second kappa shape index (κ2) is 7.13. The summed E-state index contributed by atoms with van der Waals surface area (Å²) in [5.41, 5.74) is 0. The lowest BCUT2D eigenvalue weighted by Crippen LogP contribution is -2.35. The maximum atomic E-state index is 12.4. The fourth-order valence-corrected chi connectivity index (χ4v) is 2.92. The van der Waals surface area contributed by atoms with Crippen molar-refractivity contribution < 1.29 is 9.53 Å². The van der Waals surface area contributed by atoms with Crippen molar-refractivity contribution in [2.45, 2.75) is 32.4 Å². The largest absolute Gasteiger partial charge is 0.487 e. The van der Waals surface area contributed by atoms with Crippen molar-refractivity contribution in [3.63, 3.8) is 0 Å². The van der Waals surface area contributed by atoms with Gasteiger partial charge in [0.2, 0.25) is 0 Å². The van der Waals surface area contributed by atoms with Crippen molar-refractivity contribution in [3.05, 3.63) is 41.6 Å². The highest BCUT2D eigenvalue weighted by Crippen LogP contribution is 2.26. The maximum absolute atomic E-state index is 12.4. The SMILES string of the molecule is CC(C)n1nccc1NC(=O)N1CC[C@@H](Oc2ccccc2Cl)C1. The molecule has 1 atom stereocenters. The summed E-state index contributed by atoms with van der Waals surface area (Å²) in [6.45, 7) is 5.22. The van der Waals surface area contributed by atoms with Crippen LogP contribution in [-0.4, -0.2) is 39.9 Å². The van der Waals surface area contributed by atoms with E-state index in [1.807, 2.05) is 32.0 Å². The highest BCUT2D eigenvalue weighted by atomic mass is 35.5. The van der Waals surface area contributed by atoms with Crippen LogP contribution in [-0.2, 0) is 0 Å². The monoisotopic (exact) mass is 348 g/mol. The summed E-state index contributed by atoms with van der Waals surface area (Å²) in [5.74, 6) is 1.36. The number of aromatic nitrogens is 2. The standard InChI is InChI=1S/C17H21ClN4O2/c1-12(2)22-16(7-9-19-22)20-17(23)21-10-8-13(11-21)24-15-6-4-3-5-14(15)18/h3-7,9,12-13H,8,10-11H2,1-2H3,(H,20,23)/t13-/m1/s1. The van der Waals surface area contributed by atoms with Crippen molar-refractivity contribution >= 4 is 23.4 Å². The van der Waals surface area contributed by atoms with Crippen molar-refractivity contribution in [3.8, 4) is 5.75 Å². The number of hydrogen-bond acceptors (Lipinski definition) is 3. The Morgan fingerprint density at radius 3 is 2.92 bits per heavy atom. The molecule has 1 aliphatic rings. The van der Waals surface area contributed by atoms with Gasteiger partial charge in [-0.3, -0.25) is 5.32 Å². The molecule has 2 aromatic rings.